The van der Waals surface area contributed by atoms with E-state index in [1.54, 1.807) is 6.92 Å². The lowest BCUT2D eigenvalue weighted by Crippen LogP contribution is -2.30. The first kappa shape index (κ1) is 12.9. The van der Waals surface area contributed by atoms with E-state index < -0.39 is 11.7 Å². The van der Waals surface area contributed by atoms with E-state index in [-0.39, 0.29) is 15.9 Å². The SMILES string of the molecule is CC(C(=O)Nc1ccc(Cl)c(F)c1)C(N)=S. The number of benzene rings is 1. The molecular formula is C10H10ClFN2OS. The second kappa shape index (κ2) is 5.23. The first-order valence-electron chi connectivity index (χ1n) is 4.47. The molecule has 6 heteroatoms. The van der Waals surface area contributed by atoms with Crippen LogP contribution in [0.1, 0.15) is 6.92 Å². The van der Waals surface area contributed by atoms with E-state index in [0.29, 0.717) is 5.69 Å². The van der Waals surface area contributed by atoms with Crippen molar-refractivity contribution in [1.29, 1.82) is 0 Å². The molecule has 0 spiro atoms. The van der Waals surface area contributed by atoms with Crippen molar-refractivity contribution in [2.75, 3.05) is 5.32 Å². The highest BCUT2D eigenvalue weighted by atomic mass is 35.5. The Morgan fingerprint density at radius 2 is 2.25 bits per heavy atom. The van der Waals surface area contributed by atoms with Crippen molar-refractivity contribution in [3.63, 3.8) is 0 Å². The van der Waals surface area contributed by atoms with Crippen molar-refractivity contribution in [3.8, 4) is 0 Å². The summed E-state index contributed by atoms with van der Waals surface area (Å²) in [5.41, 5.74) is 5.63. The summed E-state index contributed by atoms with van der Waals surface area (Å²) in [6.07, 6.45) is 0. The summed E-state index contributed by atoms with van der Waals surface area (Å²) in [6, 6.07) is 3.99. The van der Waals surface area contributed by atoms with Crippen LogP contribution < -0.4 is 11.1 Å². The van der Waals surface area contributed by atoms with Crippen LogP contribution in [0.25, 0.3) is 0 Å². The number of halogens is 2. The third kappa shape index (κ3) is 3.15. The Morgan fingerprint density at radius 3 is 2.75 bits per heavy atom. The van der Waals surface area contributed by atoms with Gasteiger partial charge in [0.25, 0.3) is 0 Å². The van der Waals surface area contributed by atoms with E-state index in [1.165, 1.54) is 12.1 Å². The fraction of sp³-hybridized carbons (Fsp3) is 0.200. The van der Waals surface area contributed by atoms with E-state index in [9.17, 15) is 9.18 Å². The van der Waals surface area contributed by atoms with Crippen LogP contribution in [0, 0.1) is 11.7 Å². The van der Waals surface area contributed by atoms with Crippen LogP contribution in [0.15, 0.2) is 18.2 Å². The number of rotatable bonds is 3. The minimum absolute atomic E-state index is 0.000364. The number of amides is 1. The molecule has 3 N–H and O–H groups in total. The van der Waals surface area contributed by atoms with E-state index in [1.807, 2.05) is 0 Å². The van der Waals surface area contributed by atoms with E-state index in [2.05, 4.69) is 17.5 Å². The smallest absolute Gasteiger partial charge is 0.234 e. The van der Waals surface area contributed by atoms with Crippen LogP contribution in [-0.2, 0) is 4.79 Å². The van der Waals surface area contributed by atoms with Gasteiger partial charge in [-0.1, -0.05) is 23.8 Å². The lowest BCUT2D eigenvalue weighted by atomic mass is 10.1. The molecule has 0 aliphatic heterocycles. The molecule has 0 aromatic heterocycles. The van der Waals surface area contributed by atoms with Gasteiger partial charge in [-0.3, -0.25) is 4.79 Å². The van der Waals surface area contributed by atoms with Crippen molar-refractivity contribution >= 4 is 40.4 Å². The molecule has 0 saturated carbocycles. The van der Waals surface area contributed by atoms with Crippen molar-refractivity contribution in [3.05, 3.63) is 29.0 Å². The summed E-state index contributed by atoms with van der Waals surface area (Å²) in [6.45, 7) is 1.57. The predicted octanol–water partition coefficient (Wildman–Crippen LogP) is 2.34. The lowest BCUT2D eigenvalue weighted by Gasteiger charge is -2.10. The van der Waals surface area contributed by atoms with E-state index in [0.717, 1.165) is 6.07 Å². The van der Waals surface area contributed by atoms with Gasteiger partial charge in [0.05, 0.1) is 15.9 Å². The molecule has 1 unspecified atom stereocenters. The summed E-state index contributed by atoms with van der Waals surface area (Å²) in [5.74, 6) is -1.58. The Morgan fingerprint density at radius 1 is 1.62 bits per heavy atom. The summed E-state index contributed by atoms with van der Waals surface area (Å²) < 4.78 is 13.1. The Hall–Kier alpha value is -1.20. The zero-order valence-electron chi connectivity index (χ0n) is 8.46. The molecule has 3 nitrogen and oxygen atoms in total. The molecule has 0 saturated heterocycles. The summed E-state index contributed by atoms with van der Waals surface area (Å²) >= 11 is 10.2. The van der Waals surface area contributed by atoms with Crippen LogP contribution in [0.4, 0.5) is 10.1 Å². The molecule has 1 aromatic carbocycles. The lowest BCUT2D eigenvalue weighted by molar-refractivity contribution is -0.117. The zero-order valence-corrected chi connectivity index (χ0v) is 10.0. The highest BCUT2D eigenvalue weighted by molar-refractivity contribution is 7.80. The first-order valence-corrected chi connectivity index (χ1v) is 5.25. The molecule has 0 aliphatic rings. The van der Waals surface area contributed by atoms with Crippen LogP contribution >= 0.6 is 23.8 Å². The quantitative estimate of drug-likeness (QED) is 0.821. The van der Waals surface area contributed by atoms with Crippen LogP contribution in [-0.4, -0.2) is 10.9 Å². The maximum Gasteiger partial charge on any atom is 0.234 e. The van der Waals surface area contributed by atoms with Crippen LogP contribution in [0.2, 0.25) is 5.02 Å². The Kier molecular flexibility index (Phi) is 4.20. The first-order chi connectivity index (χ1) is 7.41. The Bertz CT molecular complexity index is 439. The Balaban J connectivity index is 2.77. The fourth-order valence-corrected chi connectivity index (χ4v) is 1.18. The number of anilines is 1. The van der Waals surface area contributed by atoms with Gasteiger partial charge in [0, 0.05) is 5.69 Å². The summed E-state index contributed by atoms with van der Waals surface area (Å²) in [4.78, 5) is 11.6. The van der Waals surface area contributed by atoms with Crippen molar-refractivity contribution in [1.82, 2.24) is 0 Å². The number of nitrogens with one attached hydrogen (secondary N) is 1. The highest BCUT2D eigenvalue weighted by Gasteiger charge is 2.15. The predicted molar refractivity (Wildman–Crippen MR) is 66.0 cm³/mol. The molecule has 0 radical (unpaired) electrons. The minimum Gasteiger partial charge on any atom is -0.393 e. The van der Waals surface area contributed by atoms with Crippen molar-refractivity contribution < 1.29 is 9.18 Å². The molecule has 1 aromatic rings. The van der Waals surface area contributed by atoms with Crippen LogP contribution in [0.3, 0.4) is 0 Å². The standard InChI is InChI=1S/C10H10ClFN2OS/c1-5(9(13)16)10(15)14-6-2-3-7(11)8(12)4-6/h2-5H,1H3,(H2,13,16)(H,14,15). The number of nitrogens with two attached hydrogens (primary N) is 1. The number of carbonyl (C=O) groups excluding carboxylic acids is 1. The molecule has 1 amide bonds. The largest absolute Gasteiger partial charge is 0.393 e. The highest BCUT2D eigenvalue weighted by Crippen LogP contribution is 2.19. The van der Waals surface area contributed by atoms with Crippen molar-refractivity contribution in [2.24, 2.45) is 11.7 Å². The molecule has 0 aliphatic carbocycles. The van der Waals surface area contributed by atoms with Gasteiger partial charge in [-0.05, 0) is 25.1 Å². The van der Waals surface area contributed by atoms with E-state index in [4.69, 9.17) is 17.3 Å². The van der Waals surface area contributed by atoms with Gasteiger partial charge in [0.15, 0.2) is 0 Å². The number of thiocarbonyl (C=S) groups is 1. The number of hydrogen-bond donors (Lipinski definition) is 2. The molecule has 16 heavy (non-hydrogen) atoms. The molecule has 1 atom stereocenters. The van der Waals surface area contributed by atoms with Gasteiger partial charge in [0.2, 0.25) is 5.91 Å². The average Bonchev–Trinajstić information content (AvgIpc) is 2.22. The van der Waals surface area contributed by atoms with Crippen LogP contribution in [0.5, 0.6) is 0 Å². The average molecular weight is 261 g/mol. The molecule has 1 rings (SSSR count). The van der Waals surface area contributed by atoms with E-state index >= 15 is 0 Å². The molecule has 0 bridgehead atoms. The maximum atomic E-state index is 13.1. The van der Waals surface area contributed by atoms with Gasteiger partial charge in [-0.25, -0.2) is 4.39 Å². The zero-order chi connectivity index (χ0) is 12.3. The summed E-state index contributed by atoms with van der Waals surface area (Å²) in [5, 5.41) is 2.49. The maximum absolute atomic E-state index is 13.1. The molecule has 86 valence electrons. The second-order valence-electron chi connectivity index (χ2n) is 3.24. The third-order valence-corrected chi connectivity index (χ3v) is 2.67. The van der Waals surface area contributed by atoms with Gasteiger partial charge in [-0.15, -0.1) is 0 Å². The number of hydrogen-bond acceptors (Lipinski definition) is 2. The molecule has 0 heterocycles. The molecular weight excluding hydrogens is 251 g/mol. The Labute approximate surface area is 103 Å². The summed E-state index contributed by atoms with van der Waals surface area (Å²) in [7, 11) is 0. The van der Waals surface area contributed by atoms with Gasteiger partial charge >= 0.3 is 0 Å². The van der Waals surface area contributed by atoms with Gasteiger partial charge < -0.3 is 11.1 Å². The number of carbonyl (C=O) groups is 1. The normalized spacial score (nSPS) is 11.9. The fourth-order valence-electron chi connectivity index (χ4n) is 0.954. The second-order valence-corrected chi connectivity index (χ2v) is 4.12. The third-order valence-electron chi connectivity index (χ3n) is 2.01. The van der Waals surface area contributed by atoms with Gasteiger partial charge in [-0.2, -0.15) is 0 Å². The van der Waals surface area contributed by atoms with Crippen molar-refractivity contribution in [2.45, 2.75) is 6.92 Å². The molecule has 0 fully saturated rings. The topological polar surface area (TPSA) is 55.1 Å². The minimum atomic E-state index is -0.603. The monoisotopic (exact) mass is 260 g/mol. The van der Waals surface area contributed by atoms with Gasteiger partial charge in [0.1, 0.15) is 5.82 Å².